The van der Waals surface area contributed by atoms with Gasteiger partial charge < -0.3 is 19.7 Å². The summed E-state index contributed by atoms with van der Waals surface area (Å²) in [6, 6.07) is 12.2. The van der Waals surface area contributed by atoms with Crippen molar-refractivity contribution >= 4 is 10.8 Å². The first-order valence-electron chi connectivity index (χ1n) is 6.73. The molecule has 108 valence electrons. The topological polar surface area (TPSA) is 58.9 Å². The first kappa shape index (κ1) is 14.9. The van der Waals surface area contributed by atoms with Gasteiger partial charge >= 0.3 is 0 Å². The Labute approximate surface area is 118 Å². The fourth-order valence-corrected chi connectivity index (χ4v) is 2.17. The van der Waals surface area contributed by atoms with Gasteiger partial charge in [0.1, 0.15) is 0 Å². The molecule has 0 fully saturated rings. The predicted molar refractivity (Wildman–Crippen MR) is 77.4 cm³/mol. The Bertz CT molecular complexity index is 490. The SMILES string of the molecule is OCCOCc1ccc(COCCO)c2ccccc12. The van der Waals surface area contributed by atoms with Crippen molar-refractivity contribution in [1.29, 1.82) is 0 Å². The lowest BCUT2D eigenvalue weighted by atomic mass is 10.0. The fraction of sp³-hybridized carbons (Fsp3) is 0.375. The van der Waals surface area contributed by atoms with Gasteiger partial charge in [-0.3, -0.25) is 0 Å². The molecule has 0 spiro atoms. The Morgan fingerprint density at radius 3 is 1.55 bits per heavy atom. The van der Waals surface area contributed by atoms with Crippen molar-refractivity contribution in [1.82, 2.24) is 0 Å². The minimum atomic E-state index is 0.0328. The van der Waals surface area contributed by atoms with Gasteiger partial charge in [-0.25, -0.2) is 0 Å². The Morgan fingerprint density at radius 2 is 1.15 bits per heavy atom. The molecule has 0 aliphatic carbocycles. The van der Waals surface area contributed by atoms with Gasteiger partial charge in [-0.15, -0.1) is 0 Å². The summed E-state index contributed by atoms with van der Waals surface area (Å²) >= 11 is 0. The van der Waals surface area contributed by atoms with Crippen molar-refractivity contribution in [3.8, 4) is 0 Å². The van der Waals surface area contributed by atoms with E-state index in [1.807, 2.05) is 24.3 Å². The molecule has 0 unspecified atom stereocenters. The molecule has 0 atom stereocenters. The molecule has 2 aromatic rings. The third kappa shape index (κ3) is 3.77. The van der Waals surface area contributed by atoms with Crippen molar-refractivity contribution in [2.45, 2.75) is 13.2 Å². The number of fused-ring (bicyclic) bond motifs is 1. The number of hydrogen-bond acceptors (Lipinski definition) is 4. The van der Waals surface area contributed by atoms with Crippen molar-refractivity contribution < 1.29 is 19.7 Å². The van der Waals surface area contributed by atoms with Gasteiger partial charge in [-0.2, -0.15) is 0 Å². The maximum atomic E-state index is 8.76. The predicted octanol–water partition coefficient (Wildman–Crippen LogP) is 1.86. The summed E-state index contributed by atoms with van der Waals surface area (Å²) < 4.78 is 10.8. The van der Waals surface area contributed by atoms with Crippen LogP contribution in [0.4, 0.5) is 0 Å². The fourth-order valence-electron chi connectivity index (χ4n) is 2.17. The number of ether oxygens (including phenoxy) is 2. The molecule has 0 aromatic heterocycles. The highest BCUT2D eigenvalue weighted by atomic mass is 16.5. The van der Waals surface area contributed by atoms with Gasteiger partial charge in [-0.05, 0) is 21.9 Å². The monoisotopic (exact) mass is 276 g/mol. The van der Waals surface area contributed by atoms with E-state index < -0.39 is 0 Å². The van der Waals surface area contributed by atoms with E-state index in [2.05, 4.69) is 12.1 Å². The van der Waals surface area contributed by atoms with E-state index in [1.165, 1.54) is 0 Å². The zero-order valence-electron chi connectivity index (χ0n) is 11.4. The molecular formula is C16H20O4. The van der Waals surface area contributed by atoms with Crippen molar-refractivity contribution in [2.75, 3.05) is 26.4 Å². The first-order chi connectivity index (χ1) is 9.86. The summed E-state index contributed by atoms with van der Waals surface area (Å²) in [5, 5.41) is 19.8. The van der Waals surface area contributed by atoms with Crippen LogP contribution in [0.2, 0.25) is 0 Å². The molecule has 0 aliphatic rings. The van der Waals surface area contributed by atoms with E-state index in [1.54, 1.807) is 0 Å². The molecule has 0 heterocycles. The lowest BCUT2D eigenvalue weighted by molar-refractivity contribution is 0.0810. The Morgan fingerprint density at radius 1 is 0.700 bits per heavy atom. The highest BCUT2D eigenvalue weighted by Gasteiger charge is 2.06. The Balaban J connectivity index is 2.22. The summed E-state index contributed by atoms with van der Waals surface area (Å²) in [5.41, 5.74) is 2.19. The van der Waals surface area contributed by atoms with Crippen molar-refractivity contribution in [2.24, 2.45) is 0 Å². The third-order valence-electron chi connectivity index (χ3n) is 3.09. The first-order valence-corrected chi connectivity index (χ1v) is 6.73. The highest BCUT2D eigenvalue weighted by Crippen LogP contribution is 2.24. The number of aliphatic hydroxyl groups excluding tert-OH is 2. The van der Waals surface area contributed by atoms with Crippen molar-refractivity contribution in [3.05, 3.63) is 47.5 Å². The Kier molecular flexibility index (Phi) is 5.95. The standard InChI is InChI=1S/C16H20O4/c17-7-9-19-11-13-5-6-14(12-20-10-8-18)16-4-2-1-3-15(13)16/h1-6,17-18H,7-12H2. The Hall–Kier alpha value is -1.46. The van der Waals surface area contributed by atoms with Gasteiger partial charge in [0, 0.05) is 0 Å². The second-order valence-corrected chi connectivity index (χ2v) is 4.48. The van der Waals surface area contributed by atoms with Crippen LogP contribution in [0, 0.1) is 0 Å². The van der Waals surface area contributed by atoms with Gasteiger partial charge in [0.05, 0.1) is 39.6 Å². The van der Waals surface area contributed by atoms with Crippen LogP contribution in [0.25, 0.3) is 10.8 Å². The second kappa shape index (κ2) is 7.97. The minimum Gasteiger partial charge on any atom is -0.394 e. The quantitative estimate of drug-likeness (QED) is 0.723. The van der Waals surface area contributed by atoms with Crippen LogP contribution in [0.5, 0.6) is 0 Å². The van der Waals surface area contributed by atoms with E-state index in [4.69, 9.17) is 19.7 Å². The maximum Gasteiger partial charge on any atom is 0.0724 e. The minimum absolute atomic E-state index is 0.0328. The number of aliphatic hydroxyl groups is 2. The lowest BCUT2D eigenvalue weighted by Gasteiger charge is -2.11. The molecule has 20 heavy (non-hydrogen) atoms. The lowest BCUT2D eigenvalue weighted by Crippen LogP contribution is -2.02. The van der Waals surface area contributed by atoms with E-state index >= 15 is 0 Å². The number of hydrogen-bond donors (Lipinski definition) is 2. The van der Waals surface area contributed by atoms with Crippen LogP contribution in [-0.2, 0) is 22.7 Å². The summed E-state index contributed by atoms with van der Waals surface area (Å²) in [7, 11) is 0. The van der Waals surface area contributed by atoms with Crippen LogP contribution in [-0.4, -0.2) is 36.6 Å². The van der Waals surface area contributed by atoms with Gasteiger partial charge in [0.25, 0.3) is 0 Å². The largest absolute Gasteiger partial charge is 0.394 e. The van der Waals surface area contributed by atoms with Gasteiger partial charge in [-0.1, -0.05) is 36.4 Å². The normalized spacial score (nSPS) is 11.1. The molecule has 2 aromatic carbocycles. The molecule has 4 nitrogen and oxygen atoms in total. The molecule has 0 saturated carbocycles. The number of rotatable bonds is 8. The van der Waals surface area contributed by atoms with E-state index in [0.29, 0.717) is 26.4 Å². The smallest absolute Gasteiger partial charge is 0.0724 e. The summed E-state index contributed by atoms with van der Waals surface area (Å²) in [6.45, 7) is 1.72. The molecule has 4 heteroatoms. The molecule has 0 amide bonds. The average molecular weight is 276 g/mol. The average Bonchev–Trinajstić information content (AvgIpc) is 2.49. The van der Waals surface area contributed by atoms with Crippen molar-refractivity contribution in [3.63, 3.8) is 0 Å². The zero-order valence-corrected chi connectivity index (χ0v) is 11.4. The molecular weight excluding hydrogens is 256 g/mol. The maximum absolute atomic E-state index is 8.76. The van der Waals surface area contributed by atoms with Crippen LogP contribution in [0.15, 0.2) is 36.4 Å². The molecule has 0 bridgehead atoms. The molecule has 0 aliphatic heterocycles. The van der Waals surface area contributed by atoms with Crippen LogP contribution >= 0.6 is 0 Å². The zero-order chi connectivity index (χ0) is 14.2. The van der Waals surface area contributed by atoms with Gasteiger partial charge in [0.2, 0.25) is 0 Å². The second-order valence-electron chi connectivity index (χ2n) is 4.48. The highest BCUT2D eigenvalue weighted by molar-refractivity contribution is 5.88. The van der Waals surface area contributed by atoms with E-state index in [0.717, 1.165) is 21.9 Å². The number of benzene rings is 2. The van der Waals surface area contributed by atoms with E-state index in [9.17, 15) is 0 Å². The van der Waals surface area contributed by atoms with Crippen LogP contribution < -0.4 is 0 Å². The third-order valence-corrected chi connectivity index (χ3v) is 3.09. The van der Waals surface area contributed by atoms with Gasteiger partial charge in [0.15, 0.2) is 0 Å². The van der Waals surface area contributed by atoms with Crippen LogP contribution in [0.3, 0.4) is 0 Å². The van der Waals surface area contributed by atoms with E-state index in [-0.39, 0.29) is 13.2 Å². The molecule has 0 saturated heterocycles. The summed E-state index contributed by atoms with van der Waals surface area (Å²) in [6.07, 6.45) is 0. The summed E-state index contributed by atoms with van der Waals surface area (Å²) in [5.74, 6) is 0. The molecule has 2 N–H and O–H groups in total. The summed E-state index contributed by atoms with van der Waals surface area (Å²) in [4.78, 5) is 0. The molecule has 2 rings (SSSR count). The molecule has 0 radical (unpaired) electrons. The van der Waals surface area contributed by atoms with Crippen LogP contribution in [0.1, 0.15) is 11.1 Å².